The highest BCUT2D eigenvalue weighted by Crippen LogP contribution is 2.22. The summed E-state index contributed by atoms with van der Waals surface area (Å²) in [6.45, 7) is 6.66. The number of carbonyl (C=O) groups is 2. The van der Waals surface area contributed by atoms with Crippen LogP contribution in [-0.4, -0.2) is 29.9 Å². The van der Waals surface area contributed by atoms with Crippen molar-refractivity contribution in [3.63, 3.8) is 0 Å². The Morgan fingerprint density at radius 1 is 1.05 bits per heavy atom. The summed E-state index contributed by atoms with van der Waals surface area (Å²) in [5.74, 6) is -0.185. The summed E-state index contributed by atoms with van der Waals surface area (Å²) in [6.07, 6.45) is 2.88. The summed E-state index contributed by atoms with van der Waals surface area (Å²) in [6, 6.07) is 7.70. The summed E-state index contributed by atoms with van der Waals surface area (Å²) in [5.41, 5.74) is 1.96. The maximum Gasteiger partial charge on any atom is 0.251 e. The van der Waals surface area contributed by atoms with E-state index in [2.05, 4.69) is 26.1 Å². The average Bonchev–Trinajstić information content (AvgIpc) is 2.49. The Bertz CT molecular complexity index is 486. The molecule has 1 aromatic rings. The summed E-state index contributed by atoms with van der Waals surface area (Å²) < 4.78 is 0. The topological polar surface area (TPSA) is 66.4 Å². The lowest BCUT2D eigenvalue weighted by atomic mass is 9.87. The largest absolute Gasteiger partial charge is 0.389 e. The Balaban J connectivity index is 2.29. The fourth-order valence-corrected chi connectivity index (χ4v) is 2.13. The number of hydrogen-bond acceptors (Lipinski definition) is 3. The van der Waals surface area contributed by atoms with E-state index in [1.165, 1.54) is 5.56 Å². The first-order valence-electron chi connectivity index (χ1n) is 7.86. The fourth-order valence-electron chi connectivity index (χ4n) is 2.13. The molecule has 122 valence electrons. The van der Waals surface area contributed by atoms with Gasteiger partial charge in [-0.1, -0.05) is 39.3 Å². The van der Waals surface area contributed by atoms with Crippen LogP contribution in [0.15, 0.2) is 24.3 Å². The number of aliphatic hydroxyl groups is 1. The first-order chi connectivity index (χ1) is 10.3. The number of benzene rings is 1. The van der Waals surface area contributed by atoms with Crippen molar-refractivity contribution >= 4 is 11.7 Å². The highest BCUT2D eigenvalue weighted by molar-refractivity contribution is 5.94. The molecule has 0 bridgehead atoms. The molecular weight excluding hydrogens is 278 g/mol. The van der Waals surface area contributed by atoms with Crippen LogP contribution in [0, 0.1) is 0 Å². The van der Waals surface area contributed by atoms with Crippen molar-refractivity contribution in [2.24, 2.45) is 0 Å². The first-order valence-corrected chi connectivity index (χ1v) is 7.86. The quantitative estimate of drug-likeness (QED) is 0.726. The lowest BCUT2D eigenvalue weighted by Gasteiger charge is -2.19. The van der Waals surface area contributed by atoms with Gasteiger partial charge in [0.25, 0.3) is 5.91 Å². The Labute approximate surface area is 132 Å². The van der Waals surface area contributed by atoms with Gasteiger partial charge in [-0.3, -0.25) is 9.59 Å². The zero-order valence-electron chi connectivity index (χ0n) is 13.8. The number of amides is 1. The van der Waals surface area contributed by atoms with Crippen LogP contribution in [0.1, 0.15) is 62.4 Å². The second kappa shape index (κ2) is 8.69. The van der Waals surface area contributed by atoms with Crippen molar-refractivity contribution in [3.8, 4) is 0 Å². The van der Waals surface area contributed by atoms with Crippen molar-refractivity contribution in [1.82, 2.24) is 5.32 Å². The van der Waals surface area contributed by atoms with Crippen LogP contribution in [0.5, 0.6) is 0 Å². The van der Waals surface area contributed by atoms with Crippen LogP contribution in [0.4, 0.5) is 0 Å². The lowest BCUT2D eigenvalue weighted by molar-refractivity contribution is -0.121. The minimum atomic E-state index is -0.374. The molecule has 0 aliphatic carbocycles. The molecule has 1 amide bonds. The third kappa shape index (κ3) is 6.39. The summed E-state index contributed by atoms with van der Waals surface area (Å²) in [7, 11) is 0. The lowest BCUT2D eigenvalue weighted by Crippen LogP contribution is -2.24. The van der Waals surface area contributed by atoms with E-state index in [1.54, 1.807) is 0 Å². The zero-order chi connectivity index (χ0) is 16.6. The van der Waals surface area contributed by atoms with Crippen molar-refractivity contribution in [2.75, 3.05) is 13.2 Å². The molecule has 2 N–H and O–H groups in total. The molecule has 0 fully saturated rings. The Morgan fingerprint density at radius 2 is 1.68 bits per heavy atom. The second-order valence-corrected chi connectivity index (χ2v) is 6.59. The minimum Gasteiger partial charge on any atom is -0.389 e. The number of ketones is 1. The van der Waals surface area contributed by atoms with Gasteiger partial charge in [0.2, 0.25) is 0 Å². The van der Waals surface area contributed by atoms with Gasteiger partial charge in [0.1, 0.15) is 6.61 Å². The molecule has 0 saturated carbocycles. The van der Waals surface area contributed by atoms with E-state index in [1.807, 2.05) is 24.3 Å². The summed E-state index contributed by atoms with van der Waals surface area (Å²) in [4.78, 5) is 22.9. The van der Waals surface area contributed by atoms with Gasteiger partial charge in [0, 0.05) is 18.5 Å². The Kier molecular flexibility index (Phi) is 7.25. The molecule has 0 aliphatic heterocycles. The van der Waals surface area contributed by atoms with Crippen LogP contribution in [0.2, 0.25) is 0 Å². The van der Waals surface area contributed by atoms with Crippen molar-refractivity contribution in [1.29, 1.82) is 0 Å². The molecule has 0 heterocycles. The van der Waals surface area contributed by atoms with Gasteiger partial charge in [-0.2, -0.15) is 0 Å². The molecule has 22 heavy (non-hydrogen) atoms. The number of hydrogen-bond donors (Lipinski definition) is 2. The van der Waals surface area contributed by atoms with Gasteiger partial charge >= 0.3 is 0 Å². The van der Waals surface area contributed by atoms with Gasteiger partial charge in [0.15, 0.2) is 5.78 Å². The van der Waals surface area contributed by atoms with Crippen molar-refractivity contribution in [2.45, 2.75) is 51.9 Å². The third-order valence-corrected chi connectivity index (χ3v) is 3.61. The predicted octanol–water partition coefficient (Wildman–Crippen LogP) is 2.84. The van der Waals surface area contributed by atoms with Gasteiger partial charge in [0.05, 0.1) is 0 Å². The van der Waals surface area contributed by atoms with Crippen molar-refractivity contribution in [3.05, 3.63) is 35.4 Å². The van der Waals surface area contributed by atoms with E-state index < -0.39 is 0 Å². The highest BCUT2D eigenvalue weighted by atomic mass is 16.3. The van der Waals surface area contributed by atoms with Gasteiger partial charge in [-0.15, -0.1) is 0 Å². The van der Waals surface area contributed by atoms with Gasteiger partial charge in [-0.25, -0.2) is 0 Å². The first kappa shape index (κ1) is 18.4. The SMILES string of the molecule is CC(C)(C)c1ccc(C(=O)NCCCCCC(=O)CO)cc1. The molecule has 0 unspecified atom stereocenters. The third-order valence-electron chi connectivity index (χ3n) is 3.61. The van der Waals surface area contributed by atoms with Gasteiger partial charge in [-0.05, 0) is 36.0 Å². The molecule has 0 atom stereocenters. The molecule has 0 saturated heterocycles. The van der Waals surface area contributed by atoms with E-state index >= 15 is 0 Å². The van der Waals surface area contributed by atoms with Gasteiger partial charge < -0.3 is 10.4 Å². The number of nitrogens with one attached hydrogen (secondary N) is 1. The molecule has 0 radical (unpaired) electrons. The van der Waals surface area contributed by atoms with E-state index in [9.17, 15) is 9.59 Å². The Hall–Kier alpha value is -1.68. The molecule has 0 aliphatic rings. The highest BCUT2D eigenvalue weighted by Gasteiger charge is 2.14. The number of Topliss-reactive ketones (excluding diaryl/α,β-unsaturated/α-hetero) is 1. The van der Waals surface area contributed by atoms with Crippen LogP contribution >= 0.6 is 0 Å². The van der Waals surface area contributed by atoms with Crippen LogP contribution in [-0.2, 0) is 10.2 Å². The molecule has 0 aromatic heterocycles. The number of aliphatic hydroxyl groups excluding tert-OH is 1. The molecule has 4 nitrogen and oxygen atoms in total. The minimum absolute atomic E-state index is 0.0631. The van der Waals surface area contributed by atoms with Crippen LogP contribution in [0.3, 0.4) is 0 Å². The molecule has 1 rings (SSSR count). The smallest absolute Gasteiger partial charge is 0.251 e. The van der Waals surface area contributed by atoms with E-state index in [0.717, 1.165) is 19.3 Å². The van der Waals surface area contributed by atoms with Crippen LogP contribution in [0.25, 0.3) is 0 Å². The molecule has 0 spiro atoms. The number of carbonyl (C=O) groups excluding carboxylic acids is 2. The van der Waals surface area contributed by atoms with Crippen molar-refractivity contribution < 1.29 is 14.7 Å². The molecule has 4 heteroatoms. The summed E-state index contributed by atoms with van der Waals surface area (Å²) >= 11 is 0. The number of unbranched alkanes of at least 4 members (excludes halogenated alkanes) is 2. The maximum atomic E-state index is 12.0. The van der Waals surface area contributed by atoms with E-state index in [-0.39, 0.29) is 23.7 Å². The average molecular weight is 305 g/mol. The van der Waals surface area contributed by atoms with Crippen LogP contribution < -0.4 is 5.32 Å². The molecular formula is C18H27NO3. The Morgan fingerprint density at radius 3 is 2.23 bits per heavy atom. The predicted molar refractivity (Wildman–Crippen MR) is 88.0 cm³/mol. The van der Waals surface area contributed by atoms with E-state index in [0.29, 0.717) is 18.5 Å². The monoisotopic (exact) mass is 305 g/mol. The summed E-state index contributed by atoms with van der Waals surface area (Å²) in [5, 5.41) is 11.5. The van der Waals surface area contributed by atoms with E-state index in [4.69, 9.17) is 5.11 Å². The second-order valence-electron chi connectivity index (χ2n) is 6.59. The maximum absolute atomic E-state index is 12.0. The number of rotatable bonds is 8. The molecule has 1 aromatic carbocycles. The zero-order valence-corrected chi connectivity index (χ0v) is 13.8. The standard InChI is InChI=1S/C18H27NO3/c1-18(2,3)15-10-8-14(9-11-15)17(22)19-12-6-4-5-7-16(21)13-20/h8-11,20H,4-7,12-13H2,1-3H3,(H,19,22). The fraction of sp³-hybridized carbons (Fsp3) is 0.556. The normalized spacial score (nSPS) is 11.3.